The van der Waals surface area contributed by atoms with Gasteiger partial charge in [0, 0.05) is 0 Å². The Morgan fingerprint density at radius 2 is 1.89 bits per heavy atom. The molecule has 1 fully saturated rings. The lowest BCUT2D eigenvalue weighted by molar-refractivity contribution is -0.160. The number of ether oxygens (including phenoxy) is 3. The summed E-state index contributed by atoms with van der Waals surface area (Å²) in [5.41, 5.74) is -0.452. The van der Waals surface area contributed by atoms with Crippen LogP contribution in [-0.4, -0.2) is 50.6 Å². The number of hydrogen-bond acceptors (Lipinski definition) is 5. The summed E-state index contributed by atoms with van der Waals surface area (Å²) < 4.78 is 16.0. The minimum atomic E-state index is -0.452. The van der Waals surface area contributed by atoms with E-state index in [4.69, 9.17) is 14.2 Å². The molecule has 0 unspecified atom stereocenters. The number of carbonyl (C=O) groups is 1. The molecule has 0 atom stereocenters. The van der Waals surface area contributed by atoms with Crippen LogP contribution in [0.2, 0.25) is 0 Å². The number of carbonyl (C=O) groups excluding carboxylic acids is 1. The van der Waals surface area contributed by atoms with Gasteiger partial charge in [0.05, 0.1) is 19.3 Å². The fourth-order valence-electron chi connectivity index (χ4n) is 1.76. The zero-order chi connectivity index (χ0) is 13.4. The molecule has 5 nitrogen and oxygen atoms in total. The summed E-state index contributed by atoms with van der Waals surface area (Å²) in [5.74, 6) is -0.329. The highest BCUT2D eigenvalue weighted by Gasteiger charge is 2.16. The summed E-state index contributed by atoms with van der Waals surface area (Å²) in [5, 5.41) is 3.28. The van der Waals surface area contributed by atoms with E-state index in [1.165, 1.54) is 0 Å². The third-order valence-electron chi connectivity index (χ3n) is 2.51. The maximum atomic E-state index is 11.3. The predicted molar refractivity (Wildman–Crippen MR) is 68.5 cm³/mol. The molecule has 1 N–H and O–H groups in total. The van der Waals surface area contributed by atoms with Crippen molar-refractivity contribution in [3.63, 3.8) is 0 Å². The smallest absolute Gasteiger partial charge is 0.332 e. The Labute approximate surface area is 109 Å². The van der Waals surface area contributed by atoms with E-state index in [0.29, 0.717) is 19.3 Å². The minimum absolute atomic E-state index is 0.00709. The number of esters is 1. The Hall–Kier alpha value is -0.650. The number of nitrogens with one attached hydrogen (secondary N) is 1. The average molecular weight is 259 g/mol. The molecule has 0 aliphatic carbocycles. The predicted octanol–water partition coefficient (Wildman–Crippen LogP) is 1.11. The second kappa shape index (κ2) is 7.71. The van der Waals surface area contributed by atoms with Crippen molar-refractivity contribution in [3.8, 4) is 0 Å². The molecule has 0 bridgehead atoms. The van der Waals surface area contributed by atoms with Crippen molar-refractivity contribution < 1.29 is 19.0 Å². The molecule has 1 rings (SSSR count). The second-order valence-corrected chi connectivity index (χ2v) is 5.46. The molecule has 0 aromatic heterocycles. The van der Waals surface area contributed by atoms with Crippen molar-refractivity contribution >= 4 is 5.97 Å². The zero-order valence-electron chi connectivity index (χ0n) is 11.7. The van der Waals surface area contributed by atoms with Gasteiger partial charge in [-0.15, -0.1) is 0 Å². The molecule has 5 heteroatoms. The fraction of sp³-hybridized carbons (Fsp3) is 0.923. The normalized spacial score (nSPS) is 17.7. The van der Waals surface area contributed by atoms with Crippen molar-refractivity contribution in [1.82, 2.24) is 5.32 Å². The van der Waals surface area contributed by atoms with Gasteiger partial charge in [0.15, 0.2) is 0 Å². The molecule has 0 aromatic carbocycles. The standard InChI is InChI=1S/C13H25NO4/c1-13(2,3)18-12(15)10-16-8-9-17-11-4-6-14-7-5-11/h11,14H,4-10H2,1-3H3. The lowest BCUT2D eigenvalue weighted by Crippen LogP contribution is -2.33. The van der Waals surface area contributed by atoms with E-state index >= 15 is 0 Å². The number of rotatable bonds is 6. The third-order valence-corrected chi connectivity index (χ3v) is 2.51. The Kier molecular flexibility index (Phi) is 6.60. The van der Waals surface area contributed by atoms with Crippen LogP contribution in [-0.2, 0) is 19.0 Å². The van der Waals surface area contributed by atoms with E-state index < -0.39 is 5.60 Å². The van der Waals surface area contributed by atoms with Gasteiger partial charge < -0.3 is 19.5 Å². The summed E-state index contributed by atoms with van der Waals surface area (Å²) in [7, 11) is 0. The molecule has 0 amide bonds. The van der Waals surface area contributed by atoms with E-state index in [9.17, 15) is 4.79 Å². The topological polar surface area (TPSA) is 56.8 Å². The van der Waals surface area contributed by atoms with Crippen molar-refractivity contribution in [2.45, 2.75) is 45.3 Å². The van der Waals surface area contributed by atoms with E-state index in [-0.39, 0.29) is 12.6 Å². The number of hydrogen-bond donors (Lipinski definition) is 1. The van der Waals surface area contributed by atoms with Crippen LogP contribution in [0.4, 0.5) is 0 Å². The van der Waals surface area contributed by atoms with Crippen LogP contribution in [0.3, 0.4) is 0 Å². The fourth-order valence-corrected chi connectivity index (χ4v) is 1.76. The van der Waals surface area contributed by atoms with E-state index in [1.54, 1.807) is 0 Å². The van der Waals surface area contributed by atoms with Crippen LogP contribution in [0.1, 0.15) is 33.6 Å². The van der Waals surface area contributed by atoms with Gasteiger partial charge in [0.2, 0.25) is 0 Å². The van der Waals surface area contributed by atoms with Gasteiger partial charge in [0.1, 0.15) is 12.2 Å². The summed E-state index contributed by atoms with van der Waals surface area (Å²) >= 11 is 0. The highest BCUT2D eigenvalue weighted by Crippen LogP contribution is 2.08. The maximum absolute atomic E-state index is 11.3. The summed E-state index contributed by atoms with van der Waals surface area (Å²) in [4.78, 5) is 11.3. The molecule has 1 saturated heterocycles. The summed E-state index contributed by atoms with van der Waals surface area (Å²) in [6.45, 7) is 8.51. The van der Waals surface area contributed by atoms with E-state index in [0.717, 1.165) is 25.9 Å². The van der Waals surface area contributed by atoms with Crippen molar-refractivity contribution in [3.05, 3.63) is 0 Å². The molecule has 1 heterocycles. The molecule has 0 spiro atoms. The molecule has 1 aliphatic rings. The highest BCUT2D eigenvalue weighted by atomic mass is 16.6. The van der Waals surface area contributed by atoms with Gasteiger partial charge in [-0.3, -0.25) is 0 Å². The van der Waals surface area contributed by atoms with Crippen molar-refractivity contribution in [2.24, 2.45) is 0 Å². The molecule has 0 radical (unpaired) electrons. The summed E-state index contributed by atoms with van der Waals surface area (Å²) in [6.07, 6.45) is 2.43. The van der Waals surface area contributed by atoms with Crippen LogP contribution in [0.25, 0.3) is 0 Å². The lowest BCUT2D eigenvalue weighted by atomic mass is 10.1. The van der Waals surface area contributed by atoms with Crippen LogP contribution in [0.5, 0.6) is 0 Å². The Morgan fingerprint density at radius 1 is 1.22 bits per heavy atom. The minimum Gasteiger partial charge on any atom is -0.458 e. The molecule has 0 saturated carbocycles. The second-order valence-electron chi connectivity index (χ2n) is 5.46. The molecular weight excluding hydrogens is 234 g/mol. The van der Waals surface area contributed by atoms with Crippen LogP contribution in [0, 0.1) is 0 Å². The third kappa shape index (κ3) is 7.63. The monoisotopic (exact) mass is 259 g/mol. The van der Waals surface area contributed by atoms with Gasteiger partial charge in [0.25, 0.3) is 0 Å². The van der Waals surface area contributed by atoms with Gasteiger partial charge in [-0.1, -0.05) is 0 Å². The van der Waals surface area contributed by atoms with Gasteiger partial charge >= 0.3 is 5.97 Å². The molecular formula is C13H25NO4. The van der Waals surface area contributed by atoms with E-state index in [2.05, 4.69) is 5.32 Å². The first-order valence-electron chi connectivity index (χ1n) is 6.59. The van der Waals surface area contributed by atoms with Gasteiger partial charge in [-0.2, -0.15) is 0 Å². The summed E-state index contributed by atoms with van der Waals surface area (Å²) in [6, 6.07) is 0. The first kappa shape index (κ1) is 15.4. The molecule has 1 aliphatic heterocycles. The van der Waals surface area contributed by atoms with Crippen molar-refractivity contribution in [2.75, 3.05) is 32.9 Å². The highest BCUT2D eigenvalue weighted by molar-refractivity contribution is 5.71. The molecule has 106 valence electrons. The largest absolute Gasteiger partial charge is 0.458 e. The SMILES string of the molecule is CC(C)(C)OC(=O)COCCOC1CCNCC1. The first-order chi connectivity index (χ1) is 8.47. The molecule has 0 aromatic rings. The Balaban J connectivity index is 1.96. The lowest BCUT2D eigenvalue weighted by Gasteiger charge is -2.23. The Bertz CT molecular complexity index is 244. The van der Waals surface area contributed by atoms with Gasteiger partial charge in [-0.05, 0) is 46.7 Å². The van der Waals surface area contributed by atoms with Gasteiger partial charge in [-0.25, -0.2) is 4.79 Å². The number of piperidine rings is 1. The quantitative estimate of drug-likeness (QED) is 0.572. The zero-order valence-corrected chi connectivity index (χ0v) is 11.7. The molecule has 18 heavy (non-hydrogen) atoms. The average Bonchev–Trinajstić information content (AvgIpc) is 2.27. The van der Waals surface area contributed by atoms with Crippen LogP contribution < -0.4 is 5.32 Å². The van der Waals surface area contributed by atoms with Crippen molar-refractivity contribution in [1.29, 1.82) is 0 Å². The van der Waals surface area contributed by atoms with Crippen LogP contribution >= 0.6 is 0 Å². The van der Waals surface area contributed by atoms with E-state index in [1.807, 2.05) is 20.8 Å². The Morgan fingerprint density at radius 3 is 2.50 bits per heavy atom. The maximum Gasteiger partial charge on any atom is 0.332 e. The first-order valence-corrected chi connectivity index (χ1v) is 6.59. The van der Waals surface area contributed by atoms with Crippen LogP contribution in [0.15, 0.2) is 0 Å².